The highest BCUT2D eigenvalue weighted by molar-refractivity contribution is 7.91. The predicted molar refractivity (Wildman–Crippen MR) is 105 cm³/mol. The van der Waals surface area contributed by atoms with Gasteiger partial charge in [-0.05, 0) is 38.1 Å². The van der Waals surface area contributed by atoms with E-state index in [9.17, 15) is 28.1 Å². The lowest BCUT2D eigenvalue weighted by molar-refractivity contribution is -0.384. The Morgan fingerprint density at radius 1 is 1.10 bits per heavy atom. The minimum atomic E-state index is -3.64. The minimum absolute atomic E-state index is 0.111. The second-order valence-electron chi connectivity index (χ2n) is 6.31. The molecule has 0 spiro atoms. The van der Waals surface area contributed by atoms with Crippen molar-refractivity contribution in [1.29, 1.82) is 0 Å². The molecule has 0 aliphatic rings. The molecule has 1 N–H and O–H groups in total. The number of benzene rings is 2. The molecule has 0 heterocycles. The number of aryl methyl sites for hydroxylation is 1. The summed E-state index contributed by atoms with van der Waals surface area (Å²) in [4.78, 5) is 34.2. The van der Waals surface area contributed by atoms with E-state index in [0.717, 1.165) is 5.56 Å². The fraction of sp³-hybridized carbons (Fsp3) is 0.263. The van der Waals surface area contributed by atoms with Crippen LogP contribution in [0.25, 0.3) is 0 Å². The summed E-state index contributed by atoms with van der Waals surface area (Å²) >= 11 is 0. The Morgan fingerprint density at radius 2 is 1.69 bits per heavy atom. The number of non-ortho nitro benzene ring substituents is 1. The maximum atomic E-state index is 12.2. The van der Waals surface area contributed by atoms with Gasteiger partial charge in [-0.15, -0.1) is 0 Å². The normalized spacial score (nSPS) is 12.1. The predicted octanol–water partition coefficient (Wildman–Crippen LogP) is 2.64. The van der Waals surface area contributed by atoms with Gasteiger partial charge >= 0.3 is 5.97 Å². The molecule has 0 fully saturated rings. The standard InChI is InChI=1S/C19H20N2O7S/c1-13-3-9-17(10-4-13)29(26,27)12-11-18(22)28-14(2)19(23)20-15-5-7-16(8-6-15)21(24)25/h3-10,14H,11-12H2,1-2H3,(H,20,23). The number of carbonyl (C=O) groups is 2. The van der Waals surface area contributed by atoms with E-state index in [2.05, 4.69) is 5.32 Å². The Labute approximate surface area is 167 Å². The van der Waals surface area contributed by atoms with Crippen molar-refractivity contribution in [2.75, 3.05) is 11.1 Å². The van der Waals surface area contributed by atoms with Gasteiger partial charge in [0.15, 0.2) is 15.9 Å². The quantitative estimate of drug-likeness (QED) is 0.394. The highest BCUT2D eigenvalue weighted by Crippen LogP contribution is 2.16. The fourth-order valence-corrected chi connectivity index (χ4v) is 3.52. The Morgan fingerprint density at radius 3 is 2.24 bits per heavy atom. The van der Waals surface area contributed by atoms with Gasteiger partial charge in [0.1, 0.15) is 0 Å². The first-order chi connectivity index (χ1) is 13.6. The number of carbonyl (C=O) groups excluding carboxylic acids is 2. The van der Waals surface area contributed by atoms with Crippen LogP contribution in [-0.4, -0.2) is 37.1 Å². The molecule has 0 saturated carbocycles. The Balaban J connectivity index is 1.86. The van der Waals surface area contributed by atoms with E-state index in [0.29, 0.717) is 5.69 Å². The lowest BCUT2D eigenvalue weighted by Crippen LogP contribution is -2.30. The van der Waals surface area contributed by atoms with E-state index in [1.807, 2.05) is 6.92 Å². The number of sulfone groups is 1. The lowest BCUT2D eigenvalue weighted by Gasteiger charge is -2.13. The minimum Gasteiger partial charge on any atom is -0.453 e. The van der Waals surface area contributed by atoms with Gasteiger partial charge in [-0.1, -0.05) is 17.7 Å². The van der Waals surface area contributed by atoms with Gasteiger partial charge < -0.3 is 10.1 Å². The average molecular weight is 420 g/mol. The summed E-state index contributed by atoms with van der Waals surface area (Å²) in [7, 11) is -3.64. The summed E-state index contributed by atoms with van der Waals surface area (Å²) in [5, 5.41) is 13.1. The number of ether oxygens (including phenoxy) is 1. The number of hydrogen-bond acceptors (Lipinski definition) is 7. The summed E-state index contributed by atoms with van der Waals surface area (Å²) < 4.78 is 29.5. The van der Waals surface area contributed by atoms with Crippen molar-refractivity contribution in [3.05, 3.63) is 64.2 Å². The Bertz CT molecular complexity index is 1000. The van der Waals surface area contributed by atoms with E-state index in [1.165, 1.54) is 43.3 Å². The van der Waals surface area contributed by atoms with Gasteiger partial charge in [-0.25, -0.2) is 8.42 Å². The van der Waals surface area contributed by atoms with Crippen LogP contribution in [0.2, 0.25) is 0 Å². The van der Waals surface area contributed by atoms with Crippen LogP contribution in [0, 0.1) is 17.0 Å². The van der Waals surface area contributed by atoms with Crippen LogP contribution in [0.5, 0.6) is 0 Å². The van der Waals surface area contributed by atoms with Crippen molar-refractivity contribution in [1.82, 2.24) is 0 Å². The molecule has 2 aromatic rings. The number of nitrogens with zero attached hydrogens (tertiary/aromatic N) is 1. The molecule has 1 unspecified atom stereocenters. The molecule has 1 atom stereocenters. The molecule has 10 heteroatoms. The molecule has 0 saturated heterocycles. The number of nitro benzene ring substituents is 1. The van der Waals surface area contributed by atoms with Crippen LogP contribution in [-0.2, 0) is 24.2 Å². The third-order valence-corrected chi connectivity index (χ3v) is 5.71. The van der Waals surface area contributed by atoms with Crippen LogP contribution >= 0.6 is 0 Å². The summed E-state index contributed by atoms with van der Waals surface area (Å²) in [5.41, 5.74) is 1.08. The zero-order chi connectivity index (χ0) is 21.6. The molecule has 0 bridgehead atoms. The molecule has 0 aliphatic heterocycles. The topological polar surface area (TPSA) is 133 Å². The molecule has 2 rings (SSSR count). The van der Waals surface area contributed by atoms with Gasteiger partial charge in [-0.2, -0.15) is 0 Å². The second-order valence-corrected chi connectivity index (χ2v) is 8.42. The van der Waals surface area contributed by atoms with E-state index < -0.39 is 44.9 Å². The number of esters is 1. The van der Waals surface area contributed by atoms with Crippen molar-refractivity contribution < 1.29 is 27.7 Å². The summed E-state index contributed by atoms with van der Waals surface area (Å²) in [6.45, 7) is 3.17. The third-order valence-electron chi connectivity index (χ3n) is 3.98. The first-order valence-corrected chi connectivity index (χ1v) is 10.3. The van der Waals surface area contributed by atoms with Crippen LogP contribution in [0.1, 0.15) is 18.9 Å². The molecular weight excluding hydrogens is 400 g/mol. The Hall–Kier alpha value is -3.27. The van der Waals surface area contributed by atoms with Crippen LogP contribution in [0.3, 0.4) is 0 Å². The molecule has 29 heavy (non-hydrogen) atoms. The molecule has 2 aromatic carbocycles. The summed E-state index contributed by atoms with van der Waals surface area (Å²) in [6, 6.07) is 11.4. The van der Waals surface area contributed by atoms with E-state index in [4.69, 9.17) is 4.74 Å². The van der Waals surface area contributed by atoms with E-state index >= 15 is 0 Å². The van der Waals surface area contributed by atoms with Crippen LogP contribution < -0.4 is 5.32 Å². The third kappa shape index (κ3) is 6.39. The van der Waals surface area contributed by atoms with Gasteiger partial charge in [0.05, 0.1) is 22.0 Å². The molecule has 0 aromatic heterocycles. The molecular formula is C19H20N2O7S. The second kappa shape index (κ2) is 9.28. The first-order valence-electron chi connectivity index (χ1n) is 8.63. The Kier molecular flexibility index (Phi) is 7.05. The average Bonchev–Trinajstić information content (AvgIpc) is 2.67. The number of hydrogen-bond donors (Lipinski definition) is 1. The van der Waals surface area contributed by atoms with Gasteiger partial charge in [-0.3, -0.25) is 19.7 Å². The number of anilines is 1. The summed E-state index contributed by atoms with van der Waals surface area (Å²) in [5.74, 6) is -1.91. The van der Waals surface area contributed by atoms with Crippen molar-refractivity contribution in [2.45, 2.75) is 31.3 Å². The van der Waals surface area contributed by atoms with Gasteiger partial charge in [0.2, 0.25) is 0 Å². The van der Waals surface area contributed by atoms with Crippen LogP contribution in [0.4, 0.5) is 11.4 Å². The number of amides is 1. The van der Waals surface area contributed by atoms with Gasteiger partial charge in [0, 0.05) is 17.8 Å². The number of nitro groups is 1. The molecule has 1 amide bonds. The number of nitrogens with one attached hydrogen (secondary N) is 1. The van der Waals surface area contributed by atoms with Crippen molar-refractivity contribution in [2.24, 2.45) is 0 Å². The van der Waals surface area contributed by atoms with Crippen molar-refractivity contribution in [3.63, 3.8) is 0 Å². The van der Waals surface area contributed by atoms with E-state index in [1.54, 1.807) is 12.1 Å². The molecule has 0 aliphatic carbocycles. The smallest absolute Gasteiger partial charge is 0.307 e. The van der Waals surface area contributed by atoms with Crippen LogP contribution in [0.15, 0.2) is 53.4 Å². The lowest BCUT2D eigenvalue weighted by atomic mass is 10.2. The first kappa shape index (κ1) is 22.0. The van der Waals surface area contributed by atoms with Crippen molar-refractivity contribution >= 4 is 33.1 Å². The van der Waals surface area contributed by atoms with E-state index in [-0.39, 0.29) is 10.6 Å². The maximum absolute atomic E-state index is 12.2. The highest BCUT2D eigenvalue weighted by atomic mass is 32.2. The number of rotatable bonds is 8. The zero-order valence-electron chi connectivity index (χ0n) is 15.8. The largest absolute Gasteiger partial charge is 0.453 e. The SMILES string of the molecule is Cc1ccc(S(=O)(=O)CCC(=O)OC(C)C(=O)Nc2ccc([N+](=O)[O-])cc2)cc1. The fourth-order valence-electron chi connectivity index (χ4n) is 2.30. The van der Waals surface area contributed by atoms with Crippen molar-refractivity contribution in [3.8, 4) is 0 Å². The maximum Gasteiger partial charge on any atom is 0.307 e. The monoisotopic (exact) mass is 420 g/mol. The summed E-state index contributed by atoms with van der Waals surface area (Å²) in [6.07, 6.45) is -1.56. The molecule has 154 valence electrons. The zero-order valence-corrected chi connectivity index (χ0v) is 16.6. The molecule has 0 radical (unpaired) electrons. The molecule has 9 nitrogen and oxygen atoms in total. The highest BCUT2D eigenvalue weighted by Gasteiger charge is 2.21. The van der Waals surface area contributed by atoms with Gasteiger partial charge in [0.25, 0.3) is 11.6 Å².